The highest BCUT2D eigenvalue weighted by Gasteiger charge is 2.38. The molecule has 11 nitrogen and oxygen atoms in total. The first kappa shape index (κ1) is 25.1. The summed E-state index contributed by atoms with van der Waals surface area (Å²) in [6.07, 6.45) is 0. The fourth-order valence-corrected chi connectivity index (χ4v) is 4.99. The van der Waals surface area contributed by atoms with Crippen molar-refractivity contribution < 1.29 is 28.5 Å². The quantitative estimate of drug-likeness (QED) is 0.292. The molecule has 0 saturated heterocycles. The molecule has 40 heavy (non-hydrogen) atoms. The van der Waals surface area contributed by atoms with Gasteiger partial charge in [0.2, 0.25) is 15.9 Å². The molecule has 0 radical (unpaired) electrons. The van der Waals surface area contributed by atoms with Crippen molar-refractivity contribution in [2.75, 3.05) is 14.2 Å². The smallest absolute Gasteiger partial charge is 0.440 e. The zero-order chi connectivity index (χ0) is 27.5. The molecular weight excluding hydrogens is 532 g/mol. The molecule has 0 spiro atoms. The van der Waals surface area contributed by atoms with Crippen molar-refractivity contribution in [3.8, 4) is 27.7 Å². The number of aromatic amines is 1. The minimum Gasteiger partial charge on any atom is -0.497 e. The molecule has 0 saturated carbocycles. The number of aromatic nitrogens is 4. The Hall–Kier alpha value is -5.23. The van der Waals surface area contributed by atoms with Crippen LogP contribution in [0.3, 0.4) is 0 Å². The fourth-order valence-electron chi connectivity index (χ4n) is 4.04. The van der Waals surface area contributed by atoms with Gasteiger partial charge in [0.1, 0.15) is 29.2 Å². The summed E-state index contributed by atoms with van der Waals surface area (Å²) < 4.78 is 19.7. The Balaban J connectivity index is 1.52. The first-order valence-corrected chi connectivity index (χ1v) is 13.0. The van der Waals surface area contributed by atoms with Gasteiger partial charge in [-0.15, -0.1) is 10.2 Å². The molecule has 0 amide bonds. The predicted molar refractivity (Wildman–Crippen MR) is 146 cm³/mol. The van der Waals surface area contributed by atoms with Gasteiger partial charge in [-0.25, -0.2) is 9.31 Å². The predicted octanol–water partition coefficient (Wildman–Crippen LogP) is 4.60. The summed E-state index contributed by atoms with van der Waals surface area (Å²) in [4.78, 5) is 19.5. The van der Waals surface area contributed by atoms with Gasteiger partial charge in [0, 0.05) is 17.0 Å². The van der Waals surface area contributed by atoms with E-state index in [9.17, 15) is 4.79 Å². The van der Waals surface area contributed by atoms with Gasteiger partial charge in [0.05, 0.1) is 14.2 Å². The van der Waals surface area contributed by atoms with Crippen LogP contribution in [0.4, 0.5) is 5.69 Å². The lowest BCUT2D eigenvalue weighted by atomic mass is 10.2. The van der Waals surface area contributed by atoms with Crippen molar-refractivity contribution in [3.05, 3.63) is 96.1 Å². The van der Waals surface area contributed by atoms with Crippen LogP contribution in [0.2, 0.25) is 0 Å². The number of methoxy groups -OCH3 is 2. The lowest BCUT2D eigenvalue weighted by Crippen LogP contribution is -2.21. The molecule has 0 atom stereocenters. The Morgan fingerprint density at radius 3 is 2.27 bits per heavy atom. The van der Waals surface area contributed by atoms with Gasteiger partial charge in [-0.1, -0.05) is 29.5 Å². The van der Waals surface area contributed by atoms with Gasteiger partial charge in [0.15, 0.2) is 5.82 Å². The van der Waals surface area contributed by atoms with Gasteiger partial charge >= 0.3 is 11.7 Å². The molecule has 1 aliphatic rings. The molecule has 6 rings (SSSR count). The maximum Gasteiger partial charge on any atom is 0.440 e. The van der Waals surface area contributed by atoms with Gasteiger partial charge < -0.3 is 14.2 Å². The number of hydrogen-bond donors (Lipinski definition) is 1. The van der Waals surface area contributed by atoms with E-state index in [0.29, 0.717) is 27.6 Å². The van der Waals surface area contributed by atoms with Crippen LogP contribution >= 0.6 is 11.3 Å². The number of fused-ring (bicyclic) bond motifs is 1. The van der Waals surface area contributed by atoms with E-state index in [4.69, 9.17) is 19.0 Å². The first-order valence-electron chi connectivity index (χ1n) is 12.2. The van der Waals surface area contributed by atoms with E-state index in [1.54, 1.807) is 18.7 Å². The third-order valence-corrected chi connectivity index (χ3v) is 7.10. The van der Waals surface area contributed by atoms with Crippen LogP contribution in [0, 0.1) is 0 Å². The number of nitrogens with one attached hydrogen (secondary N) is 1. The lowest BCUT2D eigenvalue weighted by Gasteiger charge is -2.05. The van der Waals surface area contributed by atoms with Gasteiger partial charge in [-0.3, -0.25) is 9.94 Å². The minimum absolute atomic E-state index is 0.116. The number of carbonyl (C=O) groups excluding carboxylic acids is 1. The third kappa shape index (κ3) is 4.95. The standard InChI is InChI=1S/C28H22N6O5S/c1-36-20-10-8-18(9-11-20)24-16-23(26-27(35)39-32-33(26)19-6-4-3-5-7-19)31-34-25(29-30-28(34)40-24)17-38-22-14-12-21(37-2)13-15-22/h3-16H,17H2,1-2H3/p+1. The summed E-state index contributed by atoms with van der Waals surface area (Å²) in [5.41, 5.74) is 1.77. The Bertz CT molecular complexity index is 1810. The average molecular weight is 556 g/mol. The Kier molecular flexibility index (Phi) is 6.81. The Labute approximate surface area is 231 Å². The van der Waals surface area contributed by atoms with Crippen LogP contribution in [-0.2, 0) is 16.2 Å². The molecule has 12 heteroatoms. The summed E-state index contributed by atoms with van der Waals surface area (Å²) in [5, 5.41) is 16.5. The summed E-state index contributed by atoms with van der Waals surface area (Å²) >= 11 is 1.39. The number of nitrogens with zero attached hydrogens (tertiary/aromatic N) is 5. The normalized spacial score (nSPS) is 14.1. The number of para-hydroxylation sites is 1. The van der Waals surface area contributed by atoms with Crippen LogP contribution < -0.4 is 19.6 Å². The number of ether oxygens (including phenoxy) is 3. The van der Waals surface area contributed by atoms with E-state index in [2.05, 4.69) is 20.6 Å². The van der Waals surface area contributed by atoms with Crippen molar-refractivity contribution >= 4 is 33.7 Å². The van der Waals surface area contributed by atoms with E-state index in [1.807, 2.05) is 84.9 Å². The number of H-pyrrole nitrogens is 1. The molecule has 3 heterocycles. The second-order valence-corrected chi connectivity index (χ2v) is 9.53. The zero-order valence-corrected chi connectivity index (χ0v) is 22.3. The molecular formula is C28H23N6O5S+. The molecule has 1 N–H and O–H groups in total. The topological polar surface area (TPSA) is 115 Å². The van der Waals surface area contributed by atoms with E-state index in [0.717, 1.165) is 21.9 Å². The van der Waals surface area contributed by atoms with Crippen molar-refractivity contribution in [1.29, 1.82) is 0 Å². The van der Waals surface area contributed by atoms with Crippen LogP contribution in [-0.4, -0.2) is 44.7 Å². The highest BCUT2D eigenvalue weighted by Crippen LogP contribution is 2.28. The maximum absolute atomic E-state index is 13.0. The second kappa shape index (κ2) is 10.9. The molecule has 2 aromatic heterocycles. The molecule has 5 aromatic rings. The van der Waals surface area contributed by atoms with Crippen molar-refractivity contribution in [1.82, 2.24) is 19.8 Å². The number of hydrogen-bond acceptors (Lipinski definition) is 9. The van der Waals surface area contributed by atoms with Gasteiger partial charge in [-0.05, 0) is 64.9 Å². The van der Waals surface area contributed by atoms with Gasteiger partial charge in [-0.2, -0.15) is 0 Å². The molecule has 3 aromatic carbocycles. The van der Waals surface area contributed by atoms with Crippen LogP contribution in [0.25, 0.3) is 21.1 Å². The largest absolute Gasteiger partial charge is 0.497 e. The summed E-state index contributed by atoms with van der Waals surface area (Å²) in [6, 6.07) is 26.0. The van der Waals surface area contributed by atoms with Crippen LogP contribution in [0.1, 0.15) is 5.82 Å². The molecule has 200 valence electrons. The number of benzene rings is 3. The second-order valence-electron chi connectivity index (χ2n) is 8.52. The molecule has 1 aliphatic heterocycles. The van der Waals surface area contributed by atoms with Crippen LogP contribution in [0.15, 0.2) is 90.2 Å². The molecule has 0 bridgehead atoms. The monoisotopic (exact) mass is 555 g/mol. The highest BCUT2D eigenvalue weighted by atomic mass is 32.1. The zero-order valence-electron chi connectivity index (χ0n) is 21.5. The number of rotatable bonds is 7. The van der Waals surface area contributed by atoms with E-state index >= 15 is 0 Å². The lowest BCUT2D eigenvalue weighted by molar-refractivity contribution is -0.428. The summed E-state index contributed by atoms with van der Waals surface area (Å²) in [6.45, 7) is 0.116. The molecule has 0 unspecified atom stereocenters. The van der Waals surface area contributed by atoms with Crippen molar-refractivity contribution in [2.45, 2.75) is 6.61 Å². The Morgan fingerprint density at radius 1 is 0.900 bits per heavy atom. The van der Waals surface area contributed by atoms with E-state index < -0.39 is 5.97 Å². The van der Waals surface area contributed by atoms with Gasteiger partial charge in [0.25, 0.3) is 0 Å². The van der Waals surface area contributed by atoms with Crippen LogP contribution in [0.5, 0.6) is 17.2 Å². The summed E-state index contributed by atoms with van der Waals surface area (Å²) in [7, 11) is 3.23. The fraction of sp³-hybridized carbons (Fsp3) is 0.107. The van der Waals surface area contributed by atoms with Crippen molar-refractivity contribution in [2.24, 2.45) is 5.28 Å². The highest BCUT2D eigenvalue weighted by molar-refractivity contribution is 7.19. The average Bonchev–Trinajstić information content (AvgIpc) is 3.52. The first-order chi connectivity index (χ1) is 19.6. The summed E-state index contributed by atoms with van der Waals surface area (Å²) in [5.74, 6) is 1.99. The third-order valence-electron chi connectivity index (χ3n) is 6.08. The minimum atomic E-state index is -0.603. The SMILES string of the molecule is COc1ccc(OCc2nnc3sc(-c4ccc(OC)cc4)c/c(=C4/C(=O)ON=[N+]4c4ccccc4)[nH]n23)cc1. The van der Waals surface area contributed by atoms with E-state index in [1.165, 1.54) is 16.0 Å². The van der Waals surface area contributed by atoms with E-state index in [-0.39, 0.29) is 12.3 Å². The Morgan fingerprint density at radius 2 is 1.57 bits per heavy atom. The van der Waals surface area contributed by atoms with Crippen molar-refractivity contribution in [3.63, 3.8) is 0 Å². The molecule has 0 fully saturated rings. The maximum atomic E-state index is 13.0. The molecule has 0 aliphatic carbocycles. The number of carbonyl (C=O) groups is 1.